The van der Waals surface area contributed by atoms with Crippen LogP contribution in [0.3, 0.4) is 0 Å². The fraction of sp³-hybridized carbons (Fsp3) is 0.182. The summed E-state index contributed by atoms with van der Waals surface area (Å²) in [4.78, 5) is 15.3. The highest BCUT2D eigenvalue weighted by atomic mass is 32.2. The van der Waals surface area contributed by atoms with E-state index in [9.17, 15) is 22.0 Å². The van der Waals surface area contributed by atoms with E-state index >= 15 is 0 Å². The van der Waals surface area contributed by atoms with Crippen LogP contribution in [0.5, 0.6) is 0 Å². The predicted octanol–water partition coefficient (Wildman–Crippen LogP) is 3.14. The van der Waals surface area contributed by atoms with Gasteiger partial charge in [0.1, 0.15) is 5.82 Å². The van der Waals surface area contributed by atoms with Crippen LogP contribution >= 0.6 is 0 Å². The lowest BCUT2D eigenvalue weighted by molar-refractivity contribution is 0.206. The van der Waals surface area contributed by atoms with Crippen LogP contribution in [0.2, 0.25) is 0 Å². The topological polar surface area (TPSA) is 100 Å². The summed E-state index contributed by atoms with van der Waals surface area (Å²) >= 11 is 0. The zero-order valence-corrected chi connectivity index (χ0v) is 17.4. The molecule has 0 spiro atoms. The molecule has 0 saturated heterocycles. The van der Waals surface area contributed by atoms with Gasteiger partial charge in [-0.05, 0) is 24.3 Å². The highest BCUT2D eigenvalue weighted by molar-refractivity contribution is 7.90. The molecule has 1 aromatic heterocycles. The van der Waals surface area contributed by atoms with Crippen molar-refractivity contribution in [2.24, 2.45) is 0 Å². The van der Waals surface area contributed by atoms with Crippen molar-refractivity contribution < 1.29 is 21.9 Å². The largest absolute Gasteiger partial charge is 0.384 e. The molecule has 0 aliphatic rings. The first kappa shape index (κ1) is 22.2. The van der Waals surface area contributed by atoms with E-state index < -0.39 is 37.9 Å². The second kappa shape index (κ2) is 8.68. The second-order valence-corrected chi connectivity index (χ2v) is 8.64. The number of hydrogen-bond donors (Lipinski definition) is 1. The fourth-order valence-electron chi connectivity index (χ4n) is 3.04. The van der Waals surface area contributed by atoms with E-state index in [4.69, 9.17) is 10.00 Å². The van der Waals surface area contributed by atoms with Gasteiger partial charge in [-0.15, -0.1) is 0 Å². The Bertz CT molecular complexity index is 1460. The molecule has 0 aliphatic heterocycles. The molecule has 0 atom stereocenters. The van der Waals surface area contributed by atoms with Crippen LogP contribution in [0.1, 0.15) is 17.5 Å². The summed E-state index contributed by atoms with van der Waals surface area (Å²) in [7, 11) is -2.25. The van der Waals surface area contributed by atoms with Crippen LogP contribution in [0, 0.1) is 34.8 Å². The van der Waals surface area contributed by atoms with Crippen molar-refractivity contribution in [3.63, 3.8) is 0 Å². The monoisotopic (exact) mass is 442 g/mol. The van der Waals surface area contributed by atoms with Gasteiger partial charge in [0.15, 0.2) is 21.1 Å². The summed E-state index contributed by atoms with van der Waals surface area (Å²) < 4.78 is 58.5. The fourth-order valence-corrected chi connectivity index (χ4v) is 3.92. The Morgan fingerprint density at radius 2 is 1.94 bits per heavy atom. The molecule has 158 valence electrons. The molecule has 0 bridgehead atoms. The number of nitrogens with one attached hydrogen (secondary N) is 1. The molecule has 0 aliphatic carbocycles. The van der Waals surface area contributed by atoms with Gasteiger partial charge in [0, 0.05) is 31.4 Å². The maximum atomic E-state index is 14.9. The second-order valence-electron chi connectivity index (χ2n) is 6.66. The summed E-state index contributed by atoms with van der Waals surface area (Å²) in [6.07, 6.45) is 1.23. The SMILES string of the molecule is COCCC#Cc1c(F)cc2[nH]c(-c3cc(C#N)ccc3S(C)(=O)=O)cc(=O)c2c1F. The van der Waals surface area contributed by atoms with Crippen LogP contribution in [0.15, 0.2) is 40.0 Å². The first-order chi connectivity index (χ1) is 14.7. The highest BCUT2D eigenvalue weighted by Gasteiger charge is 2.20. The molecule has 0 fully saturated rings. The van der Waals surface area contributed by atoms with Crippen LogP contribution in [0.25, 0.3) is 22.2 Å². The van der Waals surface area contributed by atoms with Crippen LogP contribution in [-0.4, -0.2) is 33.4 Å². The van der Waals surface area contributed by atoms with E-state index in [-0.39, 0.29) is 40.3 Å². The van der Waals surface area contributed by atoms with E-state index in [1.54, 1.807) is 0 Å². The van der Waals surface area contributed by atoms with Crippen molar-refractivity contribution in [2.45, 2.75) is 11.3 Å². The number of H-pyrrole nitrogens is 1. The lowest BCUT2D eigenvalue weighted by atomic mass is 10.0. The van der Waals surface area contributed by atoms with Gasteiger partial charge in [-0.25, -0.2) is 17.2 Å². The van der Waals surface area contributed by atoms with Gasteiger partial charge in [-0.3, -0.25) is 4.79 Å². The molecule has 3 rings (SSSR count). The molecular formula is C22H16F2N2O4S. The average Bonchev–Trinajstić information content (AvgIpc) is 2.71. The van der Waals surface area contributed by atoms with Gasteiger partial charge >= 0.3 is 0 Å². The number of sulfone groups is 1. The minimum Gasteiger partial charge on any atom is -0.384 e. The summed E-state index contributed by atoms with van der Waals surface area (Å²) in [6, 6.07) is 7.69. The predicted molar refractivity (Wildman–Crippen MR) is 111 cm³/mol. The standard InChI is InChI=1S/C22H16F2N2O4S/c1-30-8-4-3-5-14-16(23)10-18-21(22(14)24)19(27)11-17(26-18)15-9-13(12-25)6-7-20(15)31(2,28)29/h6-7,9-11H,4,8H2,1-2H3,(H,26,27). The Morgan fingerprint density at radius 3 is 2.58 bits per heavy atom. The van der Waals surface area contributed by atoms with E-state index in [2.05, 4.69) is 16.8 Å². The Morgan fingerprint density at radius 1 is 1.19 bits per heavy atom. The number of methoxy groups -OCH3 is 1. The summed E-state index contributed by atoms with van der Waals surface area (Å²) in [5, 5.41) is 8.74. The third-order valence-corrected chi connectivity index (χ3v) is 5.61. The number of fused-ring (bicyclic) bond motifs is 1. The van der Waals surface area contributed by atoms with Crippen molar-refractivity contribution in [1.29, 1.82) is 5.26 Å². The number of pyridine rings is 1. The summed E-state index contributed by atoms with van der Waals surface area (Å²) in [5.74, 6) is 2.87. The van der Waals surface area contributed by atoms with E-state index in [0.717, 1.165) is 18.4 Å². The van der Waals surface area contributed by atoms with Gasteiger partial charge in [0.05, 0.1) is 45.3 Å². The molecular weight excluding hydrogens is 426 g/mol. The molecule has 0 amide bonds. The minimum atomic E-state index is -3.72. The number of benzene rings is 2. The van der Waals surface area contributed by atoms with E-state index in [1.165, 1.54) is 25.3 Å². The Kier molecular flexibility index (Phi) is 6.21. The Balaban J connectivity index is 2.27. The number of aromatic nitrogens is 1. The van der Waals surface area contributed by atoms with E-state index in [1.807, 2.05) is 6.07 Å². The van der Waals surface area contributed by atoms with Gasteiger partial charge in [0.2, 0.25) is 0 Å². The van der Waals surface area contributed by atoms with Crippen molar-refractivity contribution in [3.8, 4) is 29.2 Å². The number of halogens is 2. The molecule has 0 saturated carbocycles. The zero-order chi connectivity index (χ0) is 22.8. The minimum absolute atomic E-state index is 0.00718. The number of aromatic amines is 1. The molecule has 0 unspecified atom stereocenters. The number of hydrogen-bond acceptors (Lipinski definition) is 5. The van der Waals surface area contributed by atoms with Crippen LogP contribution < -0.4 is 5.43 Å². The van der Waals surface area contributed by atoms with Gasteiger partial charge < -0.3 is 9.72 Å². The molecule has 2 aromatic carbocycles. The van der Waals surface area contributed by atoms with Crippen molar-refractivity contribution in [2.75, 3.05) is 20.0 Å². The number of nitrogens with zero attached hydrogens (tertiary/aromatic N) is 1. The lowest BCUT2D eigenvalue weighted by Gasteiger charge is -2.11. The number of nitriles is 1. The third-order valence-electron chi connectivity index (χ3n) is 4.45. The zero-order valence-electron chi connectivity index (χ0n) is 16.5. The molecule has 3 aromatic rings. The van der Waals surface area contributed by atoms with Crippen LogP contribution in [-0.2, 0) is 14.6 Å². The smallest absolute Gasteiger partial charge is 0.193 e. The van der Waals surface area contributed by atoms with Crippen LogP contribution in [0.4, 0.5) is 8.78 Å². The quantitative estimate of drug-likeness (QED) is 0.494. The Labute approximate surface area is 177 Å². The van der Waals surface area contributed by atoms with Crippen molar-refractivity contribution in [1.82, 2.24) is 4.98 Å². The molecule has 9 heteroatoms. The van der Waals surface area contributed by atoms with Crippen molar-refractivity contribution >= 4 is 20.7 Å². The third kappa shape index (κ3) is 4.48. The normalized spacial score (nSPS) is 11.1. The van der Waals surface area contributed by atoms with Gasteiger partial charge in [-0.2, -0.15) is 5.26 Å². The molecule has 6 nitrogen and oxygen atoms in total. The number of rotatable bonds is 4. The molecule has 1 N–H and O–H groups in total. The molecule has 0 radical (unpaired) electrons. The highest BCUT2D eigenvalue weighted by Crippen LogP contribution is 2.29. The maximum Gasteiger partial charge on any atom is 0.193 e. The first-order valence-corrected chi connectivity index (χ1v) is 10.8. The summed E-state index contributed by atoms with van der Waals surface area (Å²) in [6.45, 7) is 0.290. The van der Waals surface area contributed by atoms with E-state index in [0.29, 0.717) is 0 Å². The summed E-state index contributed by atoms with van der Waals surface area (Å²) in [5.41, 5.74) is -1.28. The number of ether oxygens (including phenoxy) is 1. The Hall–Kier alpha value is -3.53. The van der Waals surface area contributed by atoms with Gasteiger partial charge in [-0.1, -0.05) is 11.8 Å². The lowest BCUT2D eigenvalue weighted by Crippen LogP contribution is -2.09. The van der Waals surface area contributed by atoms with Gasteiger partial charge in [0.25, 0.3) is 0 Å². The van der Waals surface area contributed by atoms with Crippen molar-refractivity contribution in [3.05, 3.63) is 63.3 Å². The molecule has 31 heavy (non-hydrogen) atoms. The maximum absolute atomic E-state index is 14.9. The molecule has 1 heterocycles. The first-order valence-electron chi connectivity index (χ1n) is 8.94. The average molecular weight is 442 g/mol.